The van der Waals surface area contributed by atoms with Crippen LogP contribution in [0.1, 0.15) is 31.2 Å². The highest BCUT2D eigenvalue weighted by Gasteiger charge is 2.52. The van der Waals surface area contributed by atoms with Crippen LogP contribution in [-0.4, -0.2) is 31.3 Å². The Balaban J connectivity index is 2.06. The van der Waals surface area contributed by atoms with Crippen molar-refractivity contribution in [2.45, 2.75) is 31.1 Å². The number of anilines is 1. The number of esters is 1. The summed E-state index contributed by atoms with van der Waals surface area (Å²) in [6.07, 6.45) is 2.14. The Morgan fingerprint density at radius 3 is 2.81 bits per heavy atom. The zero-order valence-corrected chi connectivity index (χ0v) is 11.9. The molecule has 1 aliphatic heterocycles. The molecular weight excluding hydrogens is 270 g/mol. The van der Waals surface area contributed by atoms with Crippen LogP contribution in [0.15, 0.2) is 24.3 Å². The molecule has 110 valence electrons. The Kier molecular flexibility index (Phi) is 3.27. The van der Waals surface area contributed by atoms with Gasteiger partial charge in [-0.25, -0.2) is 0 Å². The number of benzene rings is 1. The minimum absolute atomic E-state index is 0.109. The summed E-state index contributed by atoms with van der Waals surface area (Å²) >= 11 is 0. The van der Waals surface area contributed by atoms with E-state index in [1.54, 1.807) is 0 Å². The molecule has 1 amide bonds. The number of carbonyl (C=O) groups excluding carboxylic acids is 3. The molecule has 1 atom stereocenters. The van der Waals surface area contributed by atoms with Gasteiger partial charge in [-0.1, -0.05) is 18.2 Å². The highest BCUT2D eigenvalue weighted by atomic mass is 16.5. The number of carbonyl (C=O) groups is 3. The van der Waals surface area contributed by atoms with Crippen molar-refractivity contribution in [1.29, 1.82) is 0 Å². The number of rotatable bonds is 2. The molecule has 1 unspecified atom stereocenters. The van der Waals surface area contributed by atoms with Crippen LogP contribution in [0.5, 0.6) is 0 Å². The number of ether oxygens (including phenoxy) is 1. The predicted octanol–water partition coefficient (Wildman–Crippen LogP) is 1.59. The van der Waals surface area contributed by atoms with Gasteiger partial charge in [0.15, 0.2) is 0 Å². The number of amides is 1. The molecule has 1 heterocycles. The fourth-order valence-electron chi connectivity index (χ4n) is 3.46. The van der Waals surface area contributed by atoms with Gasteiger partial charge in [0.05, 0.1) is 12.5 Å². The van der Waals surface area contributed by atoms with Gasteiger partial charge in [-0.15, -0.1) is 0 Å². The van der Waals surface area contributed by atoms with Crippen molar-refractivity contribution in [1.82, 2.24) is 0 Å². The first-order chi connectivity index (χ1) is 10.1. The second kappa shape index (κ2) is 4.98. The SMILES string of the molecule is COC(=O)CN1C(=O)C2(CCCC(=O)C2)c2ccccc21. The summed E-state index contributed by atoms with van der Waals surface area (Å²) in [5.74, 6) is -0.496. The summed E-state index contributed by atoms with van der Waals surface area (Å²) < 4.78 is 4.67. The lowest BCUT2D eigenvalue weighted by molar-refractivity contribution is -0.140. The van der Waals surface area contributed by atoms with Crippen molar-refractivity contribution >= 4 is 23.3 Å². The first kappa shape index (κ1) is 13.8. The van der Waals surface area contributed by atoms with Crippen LogP contribution in [0, 0.1) is 0 Å². The molecular formula is C16H17NO4. The van der Waals surface area contributed by atoms with Crippen molar-refractivity contribution in [2.24, 2.45) is 0 Å². The highest BCUT2D eigenvalue weighted by molar-refractivity contribution is 6.12. The van der Waals surface area contributed by atoms with E-state index < -0.39 is 11.4 Å². The number of hydrogen-bond acceptors (Lipinski definition) is 4. The van der Waals surface area contributed by atoms with Crippen LogP contribution in [-0.2, 0) is 24.5 Å². The number of para-hydroxylation sites is 1. The maximum absolute atomic E-state index is 12.9. The molecule has 5 heteroatoms. The quantitative estimate of drug-likeness (QED) is 0.775. The van der Waals surface area contributed by atoms with Gasteiger partial charge < -0.3 is 9.64 Å². The minimum atomic E-state index is -0.778. The van der Waals surface area contributed by atoms with E-state index >= 15 is 0 Å². The average molecular weight is 287 g/mol. The molecule has 2 aliphatic rings. The standard InChI is InChI=1S/C16H17NO4/c1-21-14(19)10-17-13-7-3-2-6-12(13)16(15(17)20)8-4-5-11(18)9-16/h2-3,6-7H,4-5,8-10H2,1H3. The average Bonchev–Trinajstić information content (AvgIpc) is 2.70. The van der Waals surface area contributed by atoms with E-state index in [1.807, 2.05) is 24.3 Å². The summed E-state index contributed by atoms with van der Waals surface area (Å²) in [6.45, 7) is -0.109. The number of ketones is 1. The van der Waals surface area contributed by atoms with Gasteiger partial charge in [-0.05, 0) is 24.5 Å². The molecule has 1 spiro atoms. The topological polar surface area (TPSA) is 63.7 Å². The van der Waals surface area contributed by atoms with Crippen LogP contribution in [0.4, 0.5) is 5.69 Å². The van der Waals surface area contributed by atoms with E-state index in [9.17, 15) is 14.4 Å². The Bertz CT molecular complexity index is 624. The van der Waals surface area contributed by atoms with Gasteiger partial charge in [-0.3, -0.25) is 14.4 Å². The molecule has 5 nitrogen and oxygen atoms in total. The van der Waals surface area contributed by atoms with Crippen LogP contribution >= 0.6 is 0 Å². The van der Waals surface area contributed by atoms with Gasteiger partial charge in [0.2, 0.25) is 5.91 Å². The summed E-state index contributed by atoms with van der Waals surface area (Å²) in [6, 6.07) is 7.42. The second-order valence-electron chi connectivity index (χ2n) is 5.64. The van der Waals surface area contributed by atoms with E-state index in [-0.39, 0.29) is 24.7 Å². The van der Waals surface area contributed by atoms with E-state index in [0.717, 1.165) is 11.3 Å². The second-order valence-corrected chi connectivity index (χ2v) is 5.64. The molecule has 1 fully saturated rings. The van der Waals surface area contributed by atoms with Crippen LogP contribution in [0.3, 0.4) is 0 Å². The molecule has 0 radical (unpaired) electrons. The van der Waals surface area contributed by atoms with Crippen molar-refractivity contribution in [3.05, 3.63) is 29.8 Å². The lowest BCUT2D eigenvalue weighted by Gasteiger charge is -2.31. The van der Waals surface area contributed by atoms with Crippen molar-refractivity contribution in [3.63, 3.8) is 0 Å². The Morgan fingerprint density at radius 2 is 2.10 bits per heavy atom. The maximum Gasteiger partial charge on any atom is 0.325 e. The van der Waals surface area contributed by atoms with Gasteiger partial charge in [-0.2, -0.15) is 0 Å². The zero-order chi connectivity index (χ0) is 15.0. The minimum Gasteiger partial charge on any atom is -0.468 e. The lowest BCUT2D eigenvalue weighted by Crippen LogP contribution is -2.45. The molecule has 1 aromatic carbocycles. The van der Waals surface area contributed by atoms with Crippen molar-refractivity contribution < 1.29 is 19.1 Å². The summed E-state index contributed by atoms with van der Waals surface area (Å²) in [4.78, 5) is 37.8. The number of Topliss-reactive ketones (excluding diaryl/α,β-unsaturated/α-hetero) is 1. The van der Waals surface area contributed by atoms with Crippen LogP contribution in [0.25, 0.3) is 0 Å². The molecule has 0 N–H and O–H groups in total. The third kappa shape index (κ3) is 2.04. The molecule has 1 aromatic rings. The fourth-order valence-corrected chi connectivity index (χ4v) is 3.46. The third-order valence-electron chi connectivity index (χ3n) is 4.44. The zero-order valence-electron chi connectivity index (χ0n) is 11.9. The van der Waals surface area contributed by atoms with Crippen LogP contribution in [0.2, 0.25) is 0 Å². The van der Waals surface area contributed by atoms with Gasteiger partial charge >= 0.3 is 5.97 Å². The van der Waals surface area contributed by atoms with Gasteiger partial charge in [0, 0.05) is 18.5 Å². The maximum atomic E-state index is 12.9. The summed E-state index contributed by atoms with van der Waals surface area (Å²) in [5.41, 5.74) is 0.814. The molecule has 1 saturated carbocycles. The smallest absolute Gasteiger partial charge is 0.325 e. The van der Waals surface area contributed by atoms with Crippen molar-refractivity contribution in [3.8, 4) is 0 Å². The third-order valence-corrected chi connectivity index (χ3v) is 4.44. The predicted molar refractivity (Wildman–Crippen MR) is 76.0 cm³/mol. The number of methoxy groups -OCH3 is 1. The first-order valence-electron chi connectivity index (χ1n) is 7.08. The van der Waals surface area contributed by atoms with E-state index in [2.05, 4.69) is 4.74 Å². The summed E-state index contributed by atoms with van der Waals surface area (Å²) in [5, 5.41) is 0. The monoisotopic (exact) mass is 287 g/mol. The molecule has 1 aliphatic carbocycles. The van der Waals surface area contributed by atoms with Crippen molar-refractivity contribution in [2.75, 3.05) is 18.6 Å². The van der Waals surface area contributed by atoms with Gasteiger partial charge in [0.1, 0.15) is 12.3 Å². The fraction of sp³-hybridized carbons (Fsp3) is 0.438. The van der Waals surface area contributed by atoms with Gasteiger partial charge in [0.25, 0.3) is 0 Å². The number of hydrogen-bond donors (Lipinski definition) is 0. The molecule has 0 aromatic heterocycles. The molecule has 21 heavy (non-hydrogen) atoms. The number of fused-ring (bicyclic) bond motifs is 2. The summed E-state index contributed by atoms with van der Waals surface area (Å²) in [7, 11) is 1.30. The largest absolute Gasteiger partial charge is 0.468 e. The number of nitrogens with zero attached hydrogens (tertiary/aromatic N) is 1. The van der Waals surface area contributed by atoms with E-state index in [0.29, 0.717) is 19.3 Å². The molecule has 0 saturated heterocycles. The lowest BCUT2D eigenvalue weighted by atomic mass is 9.70. The van der Waals surface area contributed by atoms with E-state index in [1.165, 1.54) is 12.0 Å². The normalized spacial score (nSPS) is 24.3. The van der Waals surface area contributed by atoms with E-state index in [4.69, 9.17) is 0 Å². The van der Waals surface area contributed by atoms with Crippen LogP contribution < -0.4 is 4.90 Å². The Labute approximate surface area is 122 Å². The Morgan fingerprint density at radius 1 is 1.33 bits per heavy atom. The molecule has 3 rings (SSSR count). The molecule has 0 bridgehead atoms. The first-order valence-corrected chi connectivity index (χ1v) is 7.08. The highest BCUT2D eigenvalue weighted by Crippen LogP contribution is 2.49. The Hall–Kier alpha value is -2.17.